The van der Waals surface area contributed by atoms with Gasteiger partial charge in [-0.15, -0.1) is 0 Å². The molecule has 0 aliphatic rings. The lowest BCUT2D eigenvalue weighted by atomic mass is 10.1. The van der Waals surface area contributed by atoms with E-state index in [1.807, 2.05) is 19.9 Å². The fourth-order valence-corrected chi connectivity index (χ4v) is 2.88. The number of hydrogen-bond acceptors (Lipinski definition) is 6. The smallest absolute Gasteiger partial charge is 0.266 e. The molecule has 2 aromatic rings. The first kappa shape index (κ1) is 21.9. The van der Waals surface area contributed by atoms with Gasteiger partial charge >= 0.3 is 0 Å². The van der Waals surface area contributed by atoms with E-state index >= 15 is 0 Å². The minimum Gasteiger partial charge on any atom is -0.493 e. The van der Waals surface area contributed by atoms with Gasteiger partial charge in [-0.05, 0) is 61.9 Å². The molecular formula is C20H21N3O5S. The molecule has 0 fully saturated rings. The molecule has 2 aromatic carbocycles. The zero-order chi connectivity index (χ0) is 21.6. The molecule has 152 valence electrons. The van der Waals surface area contributed by atoms with Crippen LogP contribution in [0.25, 0.3) is 6.08 Å². The second-order valence-electron chi connectivity index (χ2n) is 6.27. The highest BCUT2D eigenvalue weighted by molar-refractivity contribution is 7.89. The monoisotopic (exact) mass is 415 g/mol. The van der Waals surface area contributed by atoms with Crippen molar-refractivity contribution in [1.82, 2.24) is 0 Å². The summed E-state index contributed by atoms with van der Waals surface area (Å²) in [6, 6.07) is 12.2. The number of methoxy groups -OCH3 is 1. The number of nitrogens with one attached hydrogen (secondary N) is 1. The van der Waals surface area contributed by atoms with Crippen LogP contribution in [-0.2, 0) is 14.8 Å². The summed E-state index contributed by atoms with van der Waals surface area (Å²) in [5.41, 5.74) is 0.760. The van der Waals surface area contributed by atoms with Gasteiger partial charge in [0.05, 0.1) is 18.1 Å². The molecular weight excluding hydrogens is 394 g/mol. The van der Waals surface area contributed by atoms with Gasteiger partial charge in [0.2, 0.25) is 10.0 Å². The minimum absolute atomic E-state index is 0.0358. The maximum Gasteiger partial charge on any atom is 0.266 e. The topological polar surface area (TPSA) is 132 Å². The van der Waals surface area contributed by atoms with Crippen LogP contribution in [0.3, 0.4) is 0 Å². The van der Waals surface area contributed by atoms with Gasteiger partial charge < -0.3 is 14.8 Å². The van der Waals surface area contributed by atoms with E-state index < -0.39 is 15.9 Å². The van der Waals surface area contributed by atoms with Crippen molar-refractivity contribution in [3.63, 3.8) is 0 Å². The van der Waals surface area contributed by atoms with Crippen LogP contribution in [-0.4, -0.2) is 27.5 Å². The van der Waals surface area contributed by atoms with Gasteiger partial charge in [-0.3, -0.25) is 4.79 Å². The molecule has 0 saturated carbocycles. The quantitative estimate of drug-likeness (QED) is 0.528. The Labute approximate surface area is 169 Å². The summed E-state index contributed by atoms with van der Waals surface area (Å²) < 4.78 is 33.5. The Hall–Kier alpha value is -3.35. The number of nitrogens with two attached hydrogens (primary N) is 1. The van der Waals surface area contributed by atoms with E-state index in [0.29, 0.717) is 22.7 Å². The van der Waals surface area contributed by atoms with Crippen molar-refractivity contribution in [2.24, 2.45) is 5.14 Å². The van der Waals surface area contributed by atoms with Crippen molar-refractivity contribution in [3.8, 4) is 17.6 Å². The van der Waals surface area contributed by atoms with Gasteiger partial charge in [0.1, 0.15) is 11.6 Å². The number of hydrogen-bond donors (Lipinski definition) is 2. The number of rotatable bonds is 7. The second-order valence-corrected chi connectivity index (χ2v) is 7.83. The summed E-state index contributed by atoms with van der Waals surface area (Å²) >= 11 is 0. The molecule has 0 heterocycles. The van der Waals surface area contributed by atoms with Crippen molar-refractivity contribution in [2.75, 3.05) is 12.4 Å². The van der Waals surface area contributed by atoms with Crippen molar-refractivity contribution in [3.05, 3.63) is 53.6 Å². The van der Waals surface area contributed by atoms with E-state index in [2.05, 4.69) is 5.32 Å². The number of nitriles is 1. The first-order valence-corrected chi connectivity index (χ1v) is 10.1. The van der Waals surface area contributed by atoms with Crippen LogP contribution in [0.2, 0.25) is 0 Å². The van der Waals surface area contributed by atoms with Gasteiger partial charge in [0.25, 0.3) is 5.91 Å². The maximum atomic E-state index is 12.4. The molecule has 1 amide bonds. The summed E-state index contributed by atoms with van der Waals surface area (Å²) in [4.78, 5) is 12.3. The Balaban J connectivity index is 2.23. The Morgan fingerprint density at radius 1 is 1.17 bits per heavy atom. The fourth-order valence-electron chi connectivity index (χ4n) is 2.37. The molecule has 0 unspecified atom stereocenters. The number of primary sulfonamides is 1. The van der Waals surface area contributed by atoms with E-state index in [9.17, 15) is 18.5 Å². The largest absolute Gasteiger partial charge is 0.493 e. The summed E-state index contributed by atoms with van der Waals surface area (Å²) in [7, 11) is -2.33. The van der Waals surface area contributed by atoms with E-state index in [-0.39, 0.29) is 16.6 Å². The van der Waals surface area contributed by atoms with E-state index in [1.165, 1.54) is 37.5 Å². The van der Waals surface area contributed by atoms with E-state index in [0.717, 1.165) is 0 Å². The van der Waals surface area contributed by atoms with Gasteiger partial charge in [0.15, 0.2) is 11.5 Å². The SMILES string of the molecule is COc1cc(/C=C(\C#N)C(=O)Nc2ccc(S(N)(=O)=O)cc2)ccc1OC(C)C. The second kappa shape index (κ2) is 9.23. The molecule has 2 rings (SSSR count). The molecule has 0 spiro atoms. The Morgan fingerprint density at radius 2 is 1.83 bits per heavy atom. The van der Waals surface area contributed by atoms with Crippen molar-refractivity contribution >= 4 is 27.7 Å². The first-order valence-electron chi connectivity index (χ1n) is 8.54. The molecule has 0 aromatic heterocycles. The molecule has 0 aliphatic heterocycles. The summed E-state index contributed by atoms with van der Waals surface area (Å²) in [6.07, 6.45) is 1.38. The molecule has 8 nitrogen and oxygen atoms in total. The number of anilines is 1. The highest BCUT2D eigenvalue weighted by Gasteiger charge is 2.13. The average Bonchev–Trinajstić information content (AvgIpc) is 2.66. The van der Waals surface area contributed by atoms with Crippen molar-refractivity contribution < 1.29 is 22.7 Å². The predicted octanol–water partition coefficient (Wildman–Crippen LogP) is 2.68. The summed E-state index contributed by atoms with van der Waals surface area (Å²) in [6.45, 7) is 3.78. The molecule has 0 saturated heterocycles. The van der Waals surface area contributed by atoms with Crippen LogP contribution in [0.5, 0.6) is 11.5 Å². The normalized spacial score (nSPS) is 11.7. The van der Waals surface area contributed by atoms with Crippen LogP contribution in [0.1, 0.15) is 19.4 Å². The zero-order valence-electron chi connectivity index (χ0n) is 16.2. The van der Waals surface area contributed by atoms with Crippen LogP contribution in [0, 0.1) is 11.3 Å². The Kier molecular flexibility index (Phi) is 6.98. The Morgan fingerprint density at radius 3 is 2.34 bits per heavy atom. The lowest BCUT2D eigenvalue weighted by Gasteiger charge is -2.14. The average molecular weight is 415 g/mol. The number of ether oxygens (including phenoxy) is 2. The fraction of sp³-hybridized carbons (Fsp3) is 0.200. The third-order valence-corrected chi connectivity index (χ3v) is 4.60. The molecule has 9 heteroatoms. The summed E-state index contributed by atoms with van der Waals surface area (Å²) in [5.74, 6) is 0.388. The number of amides is 1. The molecule has 0 radical (unpaired) electrons. The van der Waals surface area contributed by atoms with Gasteiger partial charge in [-0.25, -0.2) is 13.6 Å². The van der Waals surface area contributed by atoms with Crippen LogP contribution < -0.4 is 19.9 Å². The molecule has 0 atom stereocenters. The number of carbonyl (C=O) groups is 1. The minimum atomic E-state index is -3.83. The number of benzene rings is 2. The summed E-state index contributed by atoms with van der Waals surface area (Å²) in [5, 5.41) is 16.9. The van der Waals surface area contributed by atoms with Gasteiger partial charge in [-0.2, -0.15) is 5.26 Å². The number of carbonyl (C=O) groups excluding carboxylic acids is 1. The maximum absolute atomic E-state index is 12.4. The molecule has 29 heavy (non-hydrogen) atoms. The van der Waals surface area contributed by atoms with Gasteiger partial charge in [0, 0.05) is 5.69 Å². The molecule has 3 N–H and O–H groups in total. The van der Waals surface area contributed by atoms with Crippen LogP contribution in [0.15, 0.2) is 52.9 Å². The molecule has 0 aliphatic carbocycles. The zero-order valence-corrected chi connectivity index (χ0v) is 17.0. The van der Waals surface area contributed by atoms with E-state index in [1.54, 1.807) is 18.2 Å². The highest BCUT2D eigenvalue weighted by Crippen LogP contribution is 2.29. The third kappa shape index (κ3) is 6.07. The van der Waals surface area contributed by atoms with Crippen LogP contribution in [0.4, 0.5) is 5.69 Å². The number of sulfonamides is 1. The lowest BCUT2D eigenvalue weighted by molar-refractivity contribution is -0.112. The molecule has 0 bridgehead atoms. The predicted molar refractivity (Wildman–Crippen MR) is 109 cm³/mol. The standard InChI is InChI=1S/C20H21N3O5S/c1-13(2)28-18-9-4-14(11-19(18)27-3)10-15(12-21)20(24)23-16-5-7-17(8-6-16)29(22,25)26/h4-11,13H,1-3H3,(H,23,24)(H2,22,25,26)/b15-10+. The number of nitrogens with zero attached hydrogens (tertiary/aromatic N) is 1. The lowest BCUT2D eigenvalue weighted by Crippen LogP contribution is -2.14. The Bertz CT molecular complexity index is 1070. The van der Waals surface area contributed by atoms with E-state index in [4.69, 9.17) is 14.6 Å². The first-order chi connectivity index (χ1) is 13.6. The highest BCUT2D eigenvalue weighted by atomic mass is 32.2. The van der Waals surface area contributed by atoms with Crippen LogP contribution >= 0.6 is 0 Å². The third-order valence-electron chi connectivity index (χ3n) is 3.67. The van der Waals surface area contributed by atoms with Crippen molar-refractivity contribution in [2.45, 2.75) is 24.8 Å². The van der Waals surface area contributed by atoms with Crippen molar-refractivity contribution in [1.29, 1.82) is 5.26 Å². The van der Waals surface area contributed by atoms with Gasteiger partial charge in [-0.1, -0.05) is 6.07 Å².